The maximum Gasteiger partial charge on any atom is 0.262 e. The third-order valence-electron chi connectivity index (χ3n) is 5.03. The smallest absolute Gasteiger partial charge is 0.262 e. The standard InChI is InChI=1S/C18H20Cl2N2O5S/c1-2-3-5-21(11-4-6-28(26,27)10-11)16(23)9-22-17(24)12-7-14(19)15(20)8-13(12)18(22)25/h7-8,11H,2-6,9-10H2,1H3. The van der Waals surface area contributed by atoms with Crippen LogP contribution in [0.15, 0.2) is 12.1 Å². The van der Waals surface area contributed by atoms with Crippen LogP contribution in [0.1, 0.15) is 46.9 Å². The maximum absolute atomic E-state index is 12.9. The number of rotatable bonds is 6. The van der Waals surface area contributed by atoms with Crippen molar-refractivity contribution in [1.82, 2.24) is 9.80 Å². The lowest BCUT2D eigenvalue weighted by atomic mass is 10.1. The molecule has 1 fully saturated rings. The Morgan fingerprint density at radius 1 is 1.18 bits per heavy atom. The van der Waals surface area contributed by atoms with E-state index in [0.29, 0.717) is 19.4 Å². The third-order valence-corrected chi connectivity index (χ3v) is 7.50. The second kappa shape index (κ2) is 8.00. The number of hydrogen-bond acceptors (Lipinski definition) is 5. The lowest BCUT2D eigenvalue weighted by molar-refractivity contribution is -0.133. The summed E-state index contributed by atoms with van der Waals surface area (Å²) in [4.78, 5) is 40.5. The van der Waals surface area contributed by atoms with Gasteiger partial charge in [-0.25, -0.2) is 8.42 Å². The third kappa shape index (κ3) is 4.04. The van der Waals surface area contributed by atoms with Crippen LogP contribution in [0.3, 0.4) is 0 Å². The number of halogens is 2. The van der Waals surface area contributed by atoms with Crippen LogP contribution in [-0.4, -0.2) is 66.6 Å². The summed E-state index contributed by atoms with van der Waals surface area (Å²) in [5.74, 6) is -1.71. The van der Waals surface area contributed by atoms with Crippen molar-refractivity contribution in [2.45, 2.75) is 32.2 Å². The summed E-state index contributed by atoms with van der Waals surface area (Å²) < 4.78 is 23.6. The summed E-state index contributed by atoms with van der Waals surface area (Å²) in [6.07, 6.45) is 1.90. The van der Waals surface area contributed by atoms with Gasteiger partial charge in [-0.3, -0.25) is 19.3 Å². The number of imide groups is 1. The van der Waals surface area contributed by atoms with Crippen LogP contribution in [-0.2, 0) is 14.6 Å². The Morgan fingerprint density at radius 3 is 2.21 bits per heavy atom. The van der Waals surface area contributed by atoms with E-state index in [9.17, 15) is 22.8 Å². The van der Waals surface area contributed by atoms with E-state index in [0.717, 1.165) is 11.3 Å². The van der Waals surface area contributed by atoms with Crippen LogP contribution in [0.25, 0.3) is 0 Å². The number of fused-ring (bicyclic) bond motifs is 1. The number of carbonyl (C=O) groups is 3. The molecular weight excluding hydrogens is 427 g/mol. The highest BCUT2D eigenvalue weighted by Gasteiger charge is 2.40. The quantitative estimate of drug-likeness (QED) is 0.625. The maximum atomic E-state index is 12.9. The predicted octanol–water partition coefficient (Wildman–Crippen LogP) is 2.41. The molecule has 2 aliphatic rings. The van der Waals surface area contributed by atoms with E-state index in [1.807, 2.05) is 6.92 Å². The molecule has 0 bridgehead atoms. The molecule has 1 unspecified atom stereocenters. The molecular formula is C18H20Cl2N2O5S. The lowest BCUT2D eigenvalue weighted by Gasteiger charge is -2.29. The van der Waals surface area contributed by atoms with Gasteiger partial charge in [0.05, 0.1) is 32.7 Å². The van der Waals surface area contributed by atoms with E-state index in [1.54, 1.807) is 0 Å². The predicted molar refractivity (Wildman–Crippen MR) is 106 cm³/mol. The molecule has 2 heterocycles. The first-order valence-electron chi connectivity index (χ1n) is 8.99. The minimum Gasteiger partial charge on any atom is -0.337 e. The first-order chi connectivity index (χ1) is 13.1. The molecule has 3 amide bonds. The van der Waals surface area contributed by atoms with Gasteiger partial charge in [0.15, 0.2) is 9.84 Å². The van der Waals surface area contributed by atoms with Crippen molar-refractivity contribution < 1.29 is 22.8 Å². The normalized spacial score (nSPS) is 20.5. The van der Waals surface area contributed by atoms with Crippen LogP contribution < -0.4 is 0 Å². The minimum atomic E-state index is -3.17. The van der Waals surface area contributed by atoms with Gasteiger partial charge in [0.25, 0.3) is 11.8 Å². The molecule has 152 valence electrons. The van der Waals surface area contributed by atoms with Crippen LogP contribution in [0.5, 0.6) is 0 Å². The molecule has 0 saturated carbocycles. The van der Waals surface area contributed by atoms with Gasteiger partial charge in [0.2, 0.25) is 5.91 Å². The van der Waals surface area contributed by atoms with E-state index in [-0.39, 0.29) is 32.7 Å². The van der Waals surface area contributed by atoms with Gasteiger partial charge in [0, 0.05) is 12.6 Å². The first kappa shape index (κ1) is 21.1. The molecule has 0 N–H and O–H groups in total. The van der Waals surface area contributed by atoms with E-state index < -0.39 is 40.1 Å². The highest BCUT2D eigenvalue weighted by Crippen LogP contribution is 2.31. The second-order valence-electron chi connectivity index (χ2n) is 7.01. The Kier molecular flexibility index (Phi) is 6.03. The van der Waals surface area contributed by atoms with Gasteiger partial charge in [-0.15, -0.1) is 0 Å². The number of nitrogens with zero attached hydrogens (tertiary/aromatic N) is 2. The average Bonchev–Trinajstić information content (AvgIpc) is 3.09. The summed E-state index contributed by atoms with van der Waals surface area (Å²) >= 11 is 11.9. The van der Waals surface area contributed by atoms with Gasteiger partial charge >= 0.3 is 0 Å². The Balaban J connectivity index is 1.80. The van der Waals surface area contributed by atoms with Crippen molar-refractivity contribution in [2.75, 3.05) is 24.6 Å². The fourth-order valence-corrected chi connectivity index (χ4v) is 5.57. The monoisotopic (exact) mass is 446 g/mol. The zero-order valence-electron chi connectivity index (χ0n) is 15.3. The summed E-state index contributed by atoms with van der Waals surface area (Å²) in [6.45, 7) is 1.91. The average molecular weight is 447 g/mol. The molecule has 0 aromatic heterocycles. The van der Waals surface area contributed by atoms with Crippen LogP contribution >= 0.6 is 23.2 Å². The molecule has 3 rings (SSSR count). The molecule has 0 aliphatic carbocycles. The number of unbranched alkanes of at least 4 members (excludes halogenated alkanes) is 1. The highest BCUT2D eigenvalue weighted by atomic mass is 35.5. The zero-order chi connectivity index (χ0) is 20.6. The fourth-order valence-electron chi connectivity index (χ4n) is 3.51. The fraction of sp³-hybridized carbons (Fsp3) is 0.500. The minimum absolute atomic E-state index is 0.0393. The van der Waals surface area contributed by atoms with E-state index in [1.165, 1.54) is 17.0 Å². The van der Waals surface area contributed by atoms with Crippen molar-refractivity contribution >= 4 is 50.8 Å². The van der Waals surface area contributed by atoms with Crippen LogP contribution in [0.4, 0.5) is 0 Å². The van der Waals surface area contributed by atoms with Crippen molar-refractivity contribution in [2.24, 2.45) is 0 Å². The summed E-state index contributed by atoms with van der Waals surface area (Å²) in [5, 5.41) is 0.297. The van der Waals surface area contributed by atoms with Crippen molar-refractivity contribution in [3.63, 3.8) is 0 Å². The summed E-state index contributed by atoms with van der Waals surface area (Å²) in [7, 11) is -3.17. The molecule has 10 heteroatoms. The number of hydrogen-bond donors (Lipinski definition) is 0. The lowest BCUT2D eigenvalue weighted by Crippen LogP contribution is -2.48. The Morgan fingerprint density at radius 2 is 1.75 bits per heavy atom. The van der Waals surface area contributed by atoms with Gasteiger partial charge in [-0.1, -0.05) is 36.5 Å². The van der Waals surface area contributed by atoms with Crippen molar-refractivity contribution in [1.29, 1.82) is 0 Å². The molecule has 1 saturated heterocycles. The second-order valence-corrected chi connectivity index (χ2v) is 10.0. The van der Waals surface area contributed by atoms with E-state index in [4.69, 9.17) is 23.2 Å². The number of sulfone groups is 1. The summed E-state index contributed by atoms with van der Waals surface area (Å²) in [6, 6.07) is 2.22. The molecule has 1 atom stereocenters. The summed E-state index contributed by atoms with van der Waals surface area (Å²) in [5.41, 5.74) is 0.214. The van der Waals surface area contributed by atoms with Gasteiger partial charge in [-0.2, -0.15) is 0 Å². The van der Waals surface area contributed by atoms with Crippen LogP contribution in [0.2, 0.25) is 10.0 Å². The first-order valence-corrected chi connectivity index (χ1v) is 11.6. The topological polar surface area (TPSA) is 91.8 Å². The molecule has 1 aromatic rings. The van der Waals surface area contributed by atoms with Crippen LogP contribution in [0, 0.1) is 0 Å². The van der Waals surface area contributed by atoms with Gasteiger partial charge < -0.3 is 4.90 Å². The van der Waals surface area contributed by atoms with Crippen molar-refractivity contribution in [3.8, 4) is 0 Å². The van der Waals surface area contributed by atoms with E-state index in [2.05, 4.69) is 0 Å². The molecule has 28 heavy (non-hydrogen) atoms. The Hall–Kier alpha value is -1.64. The molecule has 0 radical (unpaired) electrons. The number of carbonyl (C=O) groups excluding carboxylic acids is 3. The molecule has 7 nitrogen and oxygen atoms in total. The molecule has 0 spiro atoms. The number of benzene rings is 1. The molecule has 2 aliphatic heterocycles. The number of amides is 3. The zero-order valence-corrected chi connectivity index (χ0v) is 17.6. The highest BCUT2D eigenvalue weighted by molar-refractivity contribution is 7.91. The Bertz CT molecular complexity index is 907. The van der Waals surface area contributed by atoms with Crippen molar-refractivity contribution in [3.05, 3.63) is 33.3 Å². The largest absolute Gasteiger partial charge is 0.337 e. The van der Waals surface area contributed by atoms with Gasteiger partial charge in [-0.05, 0) is 25.0 Å². The van der Waals surface area contributed by atoms with Gasteiger partial charge in [0.1, 0.15) is 6.54 Å². The van der Waals surface area contributed by atoms with E-state index >= 15 is 0 Å². The Labute approximate surface area is 173 Å². The molecule has 1 aromatic carbocycles. The SMILES string of the molecule is CCCCN(C(=O)CN1C(=O)c2cc(Cl)c(Cl)cc2C1=O)C1CCS(=O)(=O)C1.